The Labute approximate surface area is 213 Å². The van der Waals surface area contributed by atoms with Gasteiger partial charge in [0.1, 0.15) is 18.7 Å². The highest BCUT2D eigenvalue weighted by molar-refractivity contribution is 5.91. The van der Waals surface area contributed by atoms with Gasteiger partial charge < -0.3 is 20.7 Å². The lowest BCUT2D eigenvalue weighted by molar-refractivity contribution is -0.148. The zero-order valence-electron chi connectivity index (χ0n) is 21.1. The summed E-state index contributed by atoms with van der Waals surface area (Å²) in [5.74, 6) is -1.60. The van der Waals surface area contributed by atoms with Crippen LogP contribution in [0.4, 0.5) is 0 Å². The van der Waals surface area contributed by atoms with Crippen LogP contribution in [0.1, 0.15) is 57.1 Å². The second kappa shape index (κ2) is 16.1. The van der Waals surface area contributed by atoms with E-state index in [1.807, 2.05) is 67.6 Å². The molecule has 3 N–H and O–H groups in total. The molecule has 8 heteroatoms. The smallest absolute Gasteiger partial charge is 0.328 e. The molecule has 0 saturated carbocycles. The Morgan fingerprint density at radius 3 is 2.11 bits per heavy atom. The lowest BCUT2D eigenvalue weighted by atomic mass is 10.1. The van der Waals surface area contributed by atoms with Crippen molar-refractivity contribution >= 4 is 23.7 Å². The number of hydrogen-bond donors (Lipinski definition) is 3. The van der Waals surface area contributed by atoms with Gasteiger partial charge in [0.05, 0.1) is 0 Å². The van der Waals surface area contributed by atoms with Crippen LogP contribution in [0.15, 0.2) is 60.7 Å². The van der Waals surface area contributed by atoms with Crippen LogP contribution in [0.5, 0.6) is 0 Å². The molecule has 36 heavy (non-hydrogen) atoms. The van der Waals surface area contributed by atoms with Crippen LogP contribution in [-0.2, 0) is 36.9 Å². The lowest BCUT2D eigenvalue weighted by Gasteiger charge is -2.21. The minimum Gasteiger partial charge on any atom is -0.459 e. The van der Waals surface area contributed by atoms with Crippen LogP contribution in [0.2, 0.25) is 0 Å². The first kappa shape index (κ1) is 28.6. The summed E-state index contributed by atoms with van der Waals surface area (Å²) in [4.78, 5) is 50.1. The fraction of sp³-hybridized carbons (Fsp3) is 0.429. The average Bonchev–Trinajstić information content (AvgIpc) is 2.89. The summed E-state index contributed by atoms with van der Waals surface area (Å²) in [6.45, 7) is 4.22. The summed E-state index contributed by atoms with van der Waals surface area (Å²) in [7, 11) is 0. The maximum Gasteiger partial charge on any atom is 0.328 e. The van der Waals surface area contributed by atoms with Gasteiger partial charge in [-0.25, -0.2) is 4.79 Å². The van der Waals surface area contributed by atoms with Crippen molar-refractivity contribution in [1.29, 1.82) is 0 Å². The maximum atomic E-state index is 12.9. The molecule has 2 rings (SSSR count). The summed E-state index contributed by atoms with van der Waals surface area (Å²) in [6, 6.07) is 16.9. The third-order valence-corrected chi connectivity index (χ3v) is 5.58. The zero-order chi connectivity index (χ0) is 26.2. The number of nitrogens with one attached hydrogen (secondary N) is 3. The van der Waals surface area contributed by atoms with Gasteiger partial charge in [-0.15, -0.1) is 0 Å². The molecule has 2 aromatic carbocycles. The van der Waals surface area contributed by atoms with E-state index in [0.717, 1.165) is 24.0 Å². The van der Waals surface area contributed by atoms with Gasteiger partial charge >= 0.3 is 5.97 Å². The molecule has 0 fully saturated rings. The molecule has 0 heterocycles. The highest BCUT2D eigenvalue weighted by Crippen LogP contribution is 2.06. The number of unbranched alkanes of at least 4 members (excludes halogenated alkanes) is 1. The van der Waals surface area contributed by atoms with E-state index in [1.54, 1.807) is 0 Å². The Kier molecular flexibility index (Phi) is 12.8. The Morgan fingerprint density at radius 1 is 0.833 bits per heavy atom. The number of rotatable bonds is 15. The first-order chi connectivity index (χ1) is 17.4. The van der Waals surface area contributed by atoms with E-state index < -0.39 is 24.0 Å². The molecule has 2 aromatic rings. The van der Waals surface area contributed by atoms with E-state index in [2.05, 4.69) is 16.0 Å². The fourth-order valence-corrected chi connectivity index (χ4v) is 3.43. The number of hydrogen-bond acceptors (Lipinski definition) is 5. The number of benzene rings is 2. The summed E-state index contributed by atoms with van der Waals surface area (Å²) in [6.07, 6.45) is 2.75. The summed E-state index contributed by atoms with van der Waals surface area (Å²) >= 11 is 0. The van der Waals surface area contributed by atoms with Crippen molar-refractivity contribution < 1.29 is 23.9 Å². The van der Waals surface area contributed by atoms with Crippen LogP contribution in [0.3, 0.4) is 0 Å². The third kappa shape index (κ3) is 11.2. The van der Waals surface area contributed by atoms with E-state index >= 15 is 0 Å². The molecule has 3 amide bonds. The number of esters is 1. The van der Waals surface area contributed by atoms with E-state index in [1.165, 1.54) is 6.92 Å². The number of ether oxygens (including phenoxy) is 1. The van der Waals surface area contributed by atoms with E-state index in [4.69, 9.17) is 4.74 Å². The van der Waals surface area contributed by atoms with Gasteiger partial charge in [0.25, 0.3) is 0 Å². The van der Waals surface area contributed by atoms with Crippen LogP contribution in [0, 0.1) is 0 Å². The molecule has 0 aliphatic heterocycles. The van der Waals surface area contributed by atoms with E-state index in [0.29, 0.717) is 13.0 Å². The second-order valence-corrected chi connectivity index (χ2v) is 8.67. The highest BCUT2D eigenvalue weighted by Gasteiger charge is 2.25. The molecule has 0 aliphatic carbocycles. The van der Waals surface area contributed by atoms with Gasteiger partial charge in [0, 0.05) is 19.4 Å². The second-order valence-electron chi connectivity index (χ2n) is 8.67. The van der Waals surface area contributed by atoms with Crippen molar-refractivity contribution in [3.05, 3.63) is 71.8 Å². The van der Waals surface area contributed by atoms with Crippen LogP contribution >= 0.6 is 0 Å². The quantitative estimate of drug-likeness (QED) is 0.260. The zero-order valence-corrected chi connectivity index (χ0v) is 21.1. The largest absolute Gasteiger partial charge is 0.459 e. The lowest BCUT2D eigenvalue weighted by Crippen LogP contribution is -2.51. The van der Waals surface area contributed by atoms with Crippen molar-refractivity contribution in [2.45, 2.75) is 71.1 Å². The Bertz CT molecular complexity index is 966. The van der Waals surface area contributed by atoms with Crippen molar-refractivity contribution in [2.75, 3.05) is 6.54 Å². The van der Waals surface area contributed by atoms with E-state index in [-0.39, 0.29) is 37.7 Å². The normalized spacial score (nSPS) is 12.2. The molecule has 194 valence electrons. The van der Waals surface area contributed by atoms with Crippen molar-refractivity contribution in [3.63, 3.8) is 0 Å². The van der Waals surface area contributed by atoms with E-state index in [9.17, 15) is 19.2 Å². The Morgan fingerprint density at radius 2 is 1.47 bits per heavy atom. The molecular formula is C28H37N3O5. The molecule has 0 aromatic heterocycles. The van der Waals surface area contributed by atoms with Crippen molar-refractivity contribution in [2.24, 2.45) is 0 Å². The molecule has 0 aliphatic rings. The predicted octanol–water partition coefficient (Wildman–Crippen LogP) is 3.05. The molecule has 0 radical (unpaired) electrons. The first-order valence-corrected chi connectivity index (χ1v) is 12.5. The topological polar surface area (TPSA) is 114 Å². The van der Waals surface area contributed by atoms with Crippen molar-refractivity contribution in [1.82, 2.24) is 16.0 Å². The van der Waals surface area contributed by atoms with Gasteiger partial charge in [-0.2, -0.15) is 0 Å². The van der Waals surface area contributed by atoms with Crippen LogP contribution in [-0.4, -0.2) is 42.3 Å². The first-order valence-electron chi connectivity index (χ1n) is 12.5. The van der Waals surface area contributed by atoms with Gasteiger partial charge in [0.2, 0.25) is 17.7 Å². The summed E-state index contributed by atoms with van der Waals surface area (Å²) in [5, 5.41) is 8.15. The van der Waals surface area contributed by atoms with Gasteiger partial charge in [-0.1, -0.05) is 74.0 Å². The molecule has 8 nitrogen and oxygen atoms in total. The Balaban J connectivity index is 1.91. The minimum absolute atomic E-state index is 0.0770. The number of carbonyl (C=O) groups is 4. The number of amides is 3. The maximum absolute atomic E-state index is 12.9. The fourth-order valence-electron chi connectivity index (χ4n) is 3.43. The Hall–Kier alpha value is -3.68. The SMILES string of the molecule is CCCCNC(=O)CC[C@H](NC(=O)CCc1ccccc1)C(=O)N[C@@H](C)C(=O)OCc1ccccc1. The van der Waals surface area contributed by atoms with Gasteiger partial charge in [-0.3, -0.25) is 14.4 Å². The predicted molar refractivity (Wildman–Crippen MR) is 138 cm³/mol. The molecule has 0 bridgehead atoms. The molecule has 0 spiro atoms. The van der Waals surface area contributed by atoms with Gasteiger partial charge in [0.15, 0.2) is 0 Å². The minimum atomic E-state index is -0.949. The average molecular weight is 496 g/mol. The third-order valence-electron chi connectivity index (χ3n) is 5.58. The number of carbonyl (C=O) groups excluding carboxylic acids is 4. The standard InChI is InChI=1S/C28H37N3O5/c1-3-4-19-29-25(32)18-16-24(31-26(33)17-15-22-11-7-5-8-12-22)27(34)30-21(2)28(35)36-20-23-13-9-6-10-14-23/h5-14,21,24H,3-4,15-20H2,1-2H3,(H,29,32)(H,30,34)(H,31,33)/t21-,24-/m0/s1. The van der Waals surface area contributed by atoms with Gasteiger partial charge in [-0.05, 0) is 37.3 Å². The highest BCUT2D eigenvalue weighted by atomic mass is 16.5. The summed E-state index contributed by atoms with van der Waals surface area (Å²) in [5.41, 5.74) is 1.85. The molecule has 0 saturated heterocycles. The number of aryl methyl sites for hydroxylation is 1. The molecule has 2 atom stereocenters. The van der Waals surface area contributed by atoms with Crippen LogP contribution < -0.4 is 16.0 Å². The monoisotopic (exact) mass is 495 g/mol. The molecular weight excluding hydrogens is 458 g/mol. The molecule has 0 unspecified atom stereocenters. The summed E-state index contributed by atoms with van der Waals surface area (Å²) < 4.78 is 5.29. The van der Waals surface area contributed by atoms with Crippen molar-refractivity contribution in [3.8, 4) is 0 Å². The van der Waals surface area contributed by atoms with Crippen LogP contribution in [0.25, 0.3) is 0 Å².